The average Bonchev–Trinajstić information content (AvgIpc) is 3.40. The fourth-order valence-electron chi connectivity index (χ4n) is 4.55. The molecule has 0 saturated carbocycles. The van der Waals surface area contributed by atoms with E-state index in [0.29, 0.717) is 55.5 Å². The van der Waals surface area contributed by atoms with Crippen LogP contribution >= 0.6 is 0 Å². The van der Waals surface area contributed by atoms with Gasteiger partial charge in [0.2, 0.25) is 11.7 Å². The minimum absolute atomic E-state index is 0.0651. The number of nitrogens with zero attached hydrogens (tertiary/aromatic N) is 3. The van der Waals surface area contributed by atoms with Crippen LogP contribution in [0.25, 0.3) is 0 Å². The molecule has 9 nitrogen and oxygen atoms in total. The topological polar surface area (TPSA) is 82.5 Å². The molecule has 9 heteroatoms. The van der Waals surface area contributed by atoms with E-state index in [2.05, 4.69) is 16.7 Å². The van der Waals surface area contributed by atoms with Crippen LogP contribution in [0.5, 0.6) is 17.2 Å². The van der Waals surface area contributed by atoms with E-state index in [1.165, 1.54) is 26.9 Å². The Labute approximate surface area is 237 Å². The lowest BCUT2D eigenvalue weighted by molar-refractivity contribution is -0.134. The highest BCUT2D eigenvalue weighted by Crippen LogP contribution is 2.38. The van der Waals surface area contributed by atoms with Crippen molar-refractivity contribution >= 4 is 11.8 Å². The highest BCUT2D eigenvalue weighted by molar-refractivity contribution is 5.97. The summed E-state index contributed by atoms with van der Waals surface area (Å²) >= 11 is 0. The smallest absolute Gasteiger partial charge is 0.254 e. The number of ether oxygens (including phenoxy) is 4. The van der Waals surface area contributed by atoms with Gasteiger partial charge < -0.3 is 33.3 Å². The van der Waals surface area contributed by atoms with Gasteiger partial charge in [-0.15, -0.1) is 0 Å². The number of amides is 2. The molecule has 0 N–H and O–H groups in total. The minimum atomic E-state index is -0.306. The lowest BCUT2D eigenvalue weighted by Crippen LogP contribution is -2.46. The van der Waals surface area contributed by atoms with Crippen LogP contribution in [-0.2, 0) is 22.6 Å². The molecule has 1 aromatic heterocycles. The maximum atomic E-state index is 13.7. The molecule has 3 rings (SSSR count). The summed E-state index contributed by atoms with van der Waals surface area (Å²) in [4.78, 5) is 30.8. The zero-order chi connectivity index (χ0) is 29.1. The first-order chi connectivity index (χ1) is 19.3. The average molecular weight is 552 g/mol. The van der Waals surface area contributed by atoms with Crippen molar-refractivity contribution in [3.63, 3.8) is 0 Å². The summed E-state index contributed by atoms with van der Waals surface area (Å²) in [6.07, 6.45) is 2.61. The van der Waals surface area contributed by atoms with Gasteiger partial charge in [0.05, 0.1) is 27.9 Å². The molecule has 0 bridgehead atoms. The first-order valence-corrected chi connectivity index (χ1v) is 13.4. The second kappa shape index (κ2) is 15.0. The van der Waals surface area contributed by atoms with E-state index in [1.807, 2.05) is 55.3 Å². The van der Waals surface area contributed by atoms with Crippen molar-refractivity contribution in [2.45, 2.75) is 39.4 Å². The van der Waals surface area contributed by atoms with Crippen molar-refractivity contribution in [3.05, 3.63) is 77.6 Å². The zero-order valence-electron chi connectivity index (χ0n) is 24.4. The third kappa shape index (κ3) is 7.79. The largest absolute Gasteiger partial charge is 0.493 e. The van der Waals surface area contributed by atoms with E-state index >= 15 is 0 Å². The molecule has 2 amide bonds. The van der Waals surface area contributed by atoms with Gasteiger partial charge in [-0.2, -0.15) is 0 Å². The Morgan fingerprint density at radius 1 is 0.900 bits per heavy atom. The van der Waals surface area contributed by atoms with Crippen LogP contribution in [0.15, 0.2) is 60.8 Å². The van der Waals surface area contributed by atoms with Crippen LogP contribution in [0.1, 0.15) is 41.9 Å². The predicted octanol–water partition coefficient (Wildman–Crippen LogP) is 4.48. The molecule has 0 radical (unpaired) electrons. The highest BCUT2D eigenvalue weighted by Gasteiger charge is 2.26. The second-order valence-corrected chi connectivity index (χ2v) is 9.72. The number of benzene rings is 2. The Balaban J connectivity index is 1.83. The summed E-state index contributed by atoms with van der Waals surface area (Å²) in [6.45, 7) is 5.86. The van der Waals surface area contributed by atoms with Crippen molar-refractivity contribution in [3.8, 4) is 17.2 Å². The van der Waals surface area contributed by atoms with E-state index in [0.717, 1.165) is 5.69 Å². The van der Waals surface area contributed by atoms with Crippen LogP contribution in [0.3, 0.4) is 0 Å². The Bertz CT molecular complexity index is 1220. The molecule has 2 aromatic carbocycles. The molecule has 0 unspecified atom stereocenters. The van der Waals surface area contributed by atoms with Crippen molar-refractivity contribution in [2.75, 3.05) is 48.1 Å². The molecule has 0 aliphatic carbocycles. The fraction of sp³-hybridized carbons (Fsp3) is 0.419. The Kier molecular flexibility index (Phi) is 11.4. The SMILES string of the molecule is COCCCN(CC(=O)N(Cc1cccn1Cc1ccccc1)C(C)C)C(=O)c1cc(OC)c(OC)c(OC)c1. The first-order valence-electron chi connectivity index (χ1n) is 13.4. The van der Waals surface area contributed by atoms with E-state index in [1.54, 1.807) is 24.1 Å². The summed E-state index contributed by atoms with van der Waals surface area (Å²) in [5.41, 5.74) is 2.54. The third-order valence-corrected chi connectivity index (χ3v) is 6.70. The molecule has 0 aliphatic heterocycles. The van der Waals surface area contributed by atoms with Crippen LogP contribution < -0.4 is 14.2 Å². The van der Waals surface area contributed by atoms with Gasteiger partial charge in [-0.25, -0.2) is 0 Å². The summed E-state index contributed by atoms with van der Waals surface area (Å²) in [5.74, 6) is 0.696. The maximum absolute atomic E-state index is 13.7. The first kappa shape index (κ1) is 30.6. The Morgan fingerprint density at radius 3 is 2.15 bits per heavy atom. The molecule has 40 heavy (non-hydrogen) atoms. The number of hydrogen-bond donors (Lipinski definition) is 0. The number of methoxy groups -OCH3 is 4. The number of rotatable bonds is 15. The molecule has 0 atom stereocenters. The van der Waals surface area contributed by atoms with E-state index in [-0.39, 0.29) is 24.4 Å². The quantitative estimate of drug-likeness (QED) is 0.259. The number of aromatic nitrogens is 1. The van der Waals surface area contributed by atoms with Gasteiger partial charge in [0.1, 0.15) is 6.54 Å². The van der Waals surface area contributed by atoms with Gasteiger partial charge >= 0.3 is 0 Å². The molecule has 1 heterocycles. The van der Waals surface area contributed by atoms with E-state index < -0.39 is 0 Å². The number of carbonyl (C=O) groups excluding carboxylic acids is 2. The molecule has 0 fully saturated rings. The van der Waals surface area contributed by atoms with Gasteiger partial charge in [0.15, 0.2) is 11.5 Å². The second-order valence-electron chi connectivity index (χ2n) is 9.72. The van der Waals surface area contributed by atoms with Crippen LogP contribution in [0, 0.1) is 0 Å². The van der Waals surface area contributed by atoms with Crippen LogP contribution in [-0.4, -0.2) is 80.4 Å². The van der Waals surface area contributed by atoms with Crippen molar-refractivity contribution in [1.82, 2.24) is 14.4 Å². The zero-order valence-corrected chi connectivity index (χ0v) is 24.4. The van der Waals surface area contributed by atoms with Gasteiger partial charge in [-0.3, -0.25) is 9.59 Å². The number of hydrogen-bond acceptors (Lipinski definition) is 6. The molecular weight excluding hydrogens is 510 g/mol. The molecule has 216 valence electrons. The summed E-state index contributed by atoms with van der Waals surface area (Å²) in [7, 11) is 6.12. The van der Waals surface area contributed by atoms with Crippen LogP contribution in [0.4, 0.5) is 0 Å². The Hall–Kier alpha value is -3.98. The van der Waals surface area contributed by atoms with Crippen LogP contribution in [0.2, 0.25) is 0 Å². The summed E-state index contributed by atoms with van der Waals surface area (Å²) < 4.78 is 23.6. The van der Waals surface area contributed by atoms with Crippen molar-refractivity contribution in [1.29, 1.82) is 0 Å². The van der Waals surface area contributed by atoms with E-state index in [4.69, 9.17) is 18.9 Å². The standard InChI is InChI=1S/C31H41N3O6/c1-23(2)34(21-26-14-10-15-32(26)20-24-12-8-7-9-13-24)29(35)22-33(16-11-17-37-3)31(36)25-18-27(38-4)30(40-6)28(19-25)39-5/h7-10,12-15,18-19,23H,11,16-17,20-22H2,1-6H3. The lowest BCUT2D eigenvalue weighted by atomic mass is 10.1. The normalized spacial score (nSPS) is 10.9. The highest BCUT2D eigenvalue weighted by atomic mass is 16.5. The third-order valence-electron chi connectivity index (χ3n) is 6.70. The van der Waals surface area contributed by atoms with E-state index in [9.17, 15) is 9.59 Å². The van der Waals surface area contributed by atoms with Gasteiger partial charge in [-0.05, 0) is 50.1 Å². The minimum Gasteiger partial charge on any atom is -0.493 e. The monoisotopic (exact) mass is 551 g/mol. The summed E-state index contributed by atoms with van der Waals surface area (Å²) in [5, 5.41) is 0. The molecule has 0 aliphatic rings. The van der Waals surface area contributed by atoms with Crippen molar-refractivity contribution in [2.24, 2.45) is 0 Å². The molecule has 3 aromatic rings. The maximum Gasteiger partial charge on any atom is 0.254 e. The molecular formula is C31H41N3O6. The Morgan fingerprint density at radius 2 is 1.57 bits per heavy atom. The fourth-order valence-corrected chi connectivity index (χ4v) is 4.55. The van der Waals surface area contributed by atoms with Gasteiger partial charge in [0.25, 0.3) is 5.91 Å². The molecule has 0 spiro atoms. The van der Waals surface area contributed by atoms with Gasteiger partial charge in [0, 0.05) is 50.3 Å². The predicted molar refractivity (Wildman–Crippen MR) is 154 cm³/mol. The van der Waals surface area contributed by atoms with Gasteiger partial charge in [-0.1, -0.05) is 30.3 Å². The van der Waals surface area contributed by atoms with Crippen molar-refractivity contribution < 1.29 is 28.5 Å². The lowest BCUT2D eigenvalue weighted by Gasteiger charge is -2.31. The summed E-state index contributed by atoms with van der Waals surface area (Å²) in [6, 6.07) is 17.4. The molecule has 0 saturated heterocycles. The number of carbonyl (C=O) groups is 2.